The molecule has 1 aromatic carbocycles. The Morgan fingerprint density at radius 1 is 1.27 bits per heavy atom. The number of carbonyl (C=O) groups is 2. The first-order valence-corrected chi connectivity index (χ1v) is 8.91. The molecular formula is C18H24N4O4. The molecule has 1 aliphatic rings. The van der Waals surface area contributed by atoms with Crippen molar-refractivity contribution in [1.29, 1.82) is 0 Å². The molecule has 8 nitrogen and oxygen atoms in total. The molecule has 3 N–H and O–H groups in total. The predicted octanol–water partition coefficient (Wildman–Crippen LogP) is 0.861. The van der Waals surface area contributed by atoms with Crippen LogP contribution in [0.15, 0.2) is 23.0 Å². The molecule has 0 bridgehead atoms. The highest BCUT2D eigenvalue weighted by Gasteiger charge is 2.25. The van der Waals surface area contributed by atoms with Crippen LogP contribution in [0.3, 0.4) is 0 Å². The monoisotopic (exact) mass is 360 g/mol. The van der Waals surface area contributed by atoms with Crippen LogP contribution in [0, 0.1) is 0 Å². The topological polar surface area (TPSA) is 111 Å². The Hall–Kier alpha value is -2.61. The standard InChI is InChI=1S/C18H24N4O4/c1-2-20-8-3-4-13(20)11-22-14-6-5-12(17(24)25)10-15(14)21(18(22)26)9-7-16(19)23/h5-6,10,13H,2-4,7-9,11H2,1H3,(H2,19,23)(H,24,25). The predicted molar refractivity (Wildman–Crippen MR) is 97.2 cm³/mol. The molecule has 2 aromatic rings. The highest BCUT2D eigenvalue weighted by molar-refractivity contribution is 5.92. The third-order valence-electron chi connectivity index (χ3n) is 5.15. The number of likely N-dealkylation sites (tertiary alicyclic amines) is 1. The number of aromatic nitrogens is 2. The molecule has 0 spiro atoms. The number of nitrogens with two attached hydrogens (primary N) is 1. The quantitative estimate of drug-likeness (QED) is 0.761. The lowest BCUT2D eigenvalue weighted by Crippen LogP contribution is -2.36. The number of carbonyl (C=O) groups excluding carboxylic acids is 1. The third-order valence-corrected chi connectivity index (χ3v) is 5.15. The van der Waals surface area contributed by atoms with Crippen molar-refractivity contribution >= 4 is 22.9 Å². The van der Waals surface area contributed by atoms with Gasteiger partial charge >= 0.3 is 11.7 Å². The number of aromatic carboxylic acids is 1. The summed E-state index contributed by atoms with van der Waals surface area (Å²) >= 11 is 0. The van der Waals surface area contributed by atoms with Crippen molar-refractivity contribution in [2.45, 2.75) is 45.3 Å². The second-order valence-corrected chi connectivity index (χ2v) is 6.69. The number of hydrogen-bond donors (Lipinski definition) is 2. The Morgan fingerprint density at radius 3 is 2.69 bits per heavy atom. The number of carboxylic acids is 1. The molecule has 3 rings (SSSR count). The van der Waals surface area contributed by atoms with E-state index in [1.807, 2.05) is 0 Å². The fourth-order valence-corrected chi connectivity index (χ4v) is 3.80. The molecule has 1 saturated heterocycles. The van der Waals surface area contributed by atoms with Crippen molar-refractivity contribution in [1.82, 2.24) is 14.0 Å². The first-order chi connectivity index (χ1) is 12.4. The molecule has 0 saturated carbocycles. The number of benzene rings is 1. The normalized spacial score (nSPS) is 17.8. The maximum absolute atomic E-state index is 13.0. The number of hydrogen-bond acceptors (Lipinski definition) is 4. The Morgan fingerprint density at radius 2 is 2.04 bits per heavy atom. The van der Waals surface area contributed by atoms with E-state index in [0.717, 1.165) is 25.9 Å². The summed E-state index contributed by atoms with van der Waals surface area (Å²) in [6.45, 7) is 4.76. The fraction of sp³-hybridized carbons (Fsp3) is 0.500. The van der Waals surface area contributed by atoms with E-state index in [9.17, 15) is 19.5 Å². The number of imidazole rings is 1. The van der Waals surface area contributed by atoms with Crippen LogP contribution in [0.25, 0.3) is 11.0 Å². The van der Waals surface area contributed by atoms with Crippen LogP contribution in [0.4, 0.5) is 0 Å². The smallest absolute Gasteiger partial charge is 0.335 e. The van der Waals surface area contributed by atoms with Gasteiger partial charge in [0, 0.05) is 25.6 Å². The van der Waals surface area contributed by atoms with Crippen LogP contribution in [-0.2, 0) is 17.9 Å². The number of likely N-dealkylation sites (N-methyl/N-ethyl adjacent to an activating group) is 1. The molecule has 8 heteroatoms. The summed E-state index contributed by atoms with van der Waals surface area (Å²) in [6, 6.07) is 4.95. The van der Waals surface area contributed by atoms with Gasteiger partial charge in [-0.2, -0.15) is 0 Å². The third kappa shape index (κ3) is 3.37. The van der Waals surface area contributed by atoms with Gasteiger partial charge in [0.2, 0.25) is 5.91 Å². The van der Waals surface area contributed by atoms with E-state index in [1.165, 1.54) is 16.7 Å². The summed E-state index contributed by atoms with van der Waals surface area (Å²) in [7, 11) is 0. The van der Waals surface area contributed by atoms with Crippen LogP contribution >= 0.6 is 0 Å². The highest BCUT2D eigenvalue weighted by atomic mass is 16.4. The van der Waals surface area contributed by atoms with Gasteiger partial charge in [0.05, 0.1) is 16.6 Å². The summed E-state index contributed by atoms with van der Waals surface area (Å²) < 4.78 is 3.15. The summed E-state index contributed by atoms with van der Waals surface area (Å²) in [5.41, 5.74) is 6.32. The van der Waals surface area contributed by atoms with Crippen molar-refractivity contribution in [3.8, 4) is 0 Å². The minimum atomic E-state index is -1.05. The van der Waals surface area contributed by atoms with Crippen molar-refractivity contribution in [2.24, 2.45) is 5.73 Å². The van der Waals surface area contributed by atoms with Crippen molar-refractivity contribution in [3.05, 3.63) is 34.2 Å². The second-order valence-electron chi connectivity index (χ2n) is 6.69. The van der Waals surface area contributed by atoms with Gasteiger partial charge in [-0.15, -0.1) is 0 Å². The maximum atomic E-state index is 13.0. The summed E-state index contributed by atoms with van der Waals surface area (Å²) in [4.78, 5) is 37.8. The van der Waals surface area contributed by atoms with E-state index >= 15 is 0 Å². The van der Waals surface area contributed by atoms with Crippen molar-refractivity contribution in [2.75, 3.05) is 13.1 Å². The molecule has 1 aromatic heterocycles. The van der Waals surface area contributed by atoms with Gasteiger partial charge < -0.3 is 10.8 Å². The highest BCUT2D eigenvalue weighted by Crippen LogP contribution is 2.21. The molecule has 1 amide bonds. The minimum Gasteiger partial charge on any atom is -0.478 e. The summed E-state index contributed by atoms with van der Waals surface area (Å²) in [5, 5.41) is 9.25. The zero-order valence-corrected chi connectivity index (χ0v) is 14.9. The number of nitrogens with zero attached hydrogens (tertiary/aromatic N) is 3. The molecule has 1 aliphatic heterocycles. The Bertz CT molecular complexity index is 898. The van der Waals surface area contributed by atoms with Crippen LogP contribution in [0.1, 0.15) is 36.5 Å². The van der Waals surface area contributed by atoms with Gasteiger partial charge in [-0.1, -0.05) is 6.92 Å². The van der Waals surface area contributed by atoms with Gasteiger partial charge in [-0.05, 0) is 44.1 Å². The van der Waals surface area contributed by atoms with Crippen molar-refractivity contribution < 1.29 is 14.7 Å². The second kappa shape index (κ2) is 7.33. The molecule has 140 valence electrons. The molecular weight excluding hydrogens is 336 g/mol. The van der Waals surface area contributed by atoms with E-state index in [0.29, 0.717) is 17.6 Å². The number of fused-ring (bicyclic) bond motifs is 1. The lowest BCUT2D eigenvalue weighted by molar-refractivity contribution is -0.118. The van der Waals surface area contributed by atoms with Crippen LogP contribution < -0.4 is 11.4 Å². The van der Waals surface area contributed by atoms with E-state index in [2.05, 4.69) is 11.8 Å². The van der Waals surface area contributed by atoms with E-state index in [4.69, 9.17) is 5.73 Å². The first-order valence-electron chi connectivity index (χ1n) is 8.91. The van der Waals surface area contributed by atoms with Crippen LogP contribution in [0.2, 0.25) is 0 Å². The number of rotatable bonds is 7. The van der Waals surface area contributed by atoms with E-state index in [-0.39, 0.29) is 30.3 Å². The van der Waals surface area contributed by atoms with Gasteiger partial charge in [0.1, 0.15) is 0 Å². The molecule has 0 aliphatic carbocycles. The molecule has 1 unspecified atom stereocenters. The molecule has 2 heterocycles. The number of primary amides is 1. The lowest BCUT2D eigenvalue weighted by Gasteiger charge is -2.22. The van der Waals surface area contributed by atoms with Gasteiger partial charge in [-0.25, -0.2) is 9.59 Å². The molecule has 1 fully saturated rings. The Balaban J connectivity index is 2.07. The van der Waals surface area contributed by atoms with E-state index in [1.54, 1.807) is 10.6 Å². The van der Waals surface area contributed by atoms with Gasteiger partial charge in [0.15, 0.2) is 0 Å². The lowest BCUT2D eigenvalue weighted by atomic mass is 10.2. The Kier molecular flexibility index (Phi) is 5.13. The number of amides is 1. The zero-order valence-electron chi connectivity index (χ0n) is 14.9. The molecule has 26 heavy (non-hydrogen) atoms. The molecule has 1 atom stereocenters. The SMILES string of the molecule is CCN1CCCC1Cn1c(=O)n(CCC(N)=O)c2cc(C(=O)O)ccc21. The number of carboxylic acid groups (broad SMARTS) is 1. The number of aryl methyl sites for hydroxylation is 1. The molecule has 0 radical (unpaired) electrons. The summed E-state index contributed by atoms with van der Waals surface area (Å²) in [6.07, 6.45) is 2.17. The van der Waals surface area contributed by atoms with Gasteiger partial charge in [-0.3, -0.25) is 18.8 Å². The largest absolute Gasteiger partial charge is 0.478 e. The maximum Gasteiger partial charge on any atom is 0.335 e. The average Bonchev–Trinajstić information content (AvgIpc) is 3.16. The minimum absolute atomic E-state index is 0.0286. The van der Waals surface area contributed by atoms with Crippen LogP contribution in [-0.4, -0.2) is 50.1 Å². The zero-order chi connectivity index (χ0) is 18.8. The van der Waals surface area contributed by atoms with Crippen molar-refractivity contribution in [3.63, 3.8) is 0 Å². The summed E-state index contributed by atoms with van der Waals surface area (Å²) in [5.74, 6) is -1.55. The average molecular weight is 360 g/mol. The Labute approximate surface area is 150 Å². The fourth-order valence-electron chi connectivity index (χ4n) is 3.80. The van der Waals surface area contributed by atoms with Gasteiger partial charge in [0.25, 0.3) is 0 Å². The van der Waals surface area contributed by atoms with Crippen LogP contribution in [0.5, 0.6) is 0 Å². The first kappa shape index (κ1) is 18.2. The van der Waals surface area contributed by atoms with E-state index < -0.39 is 11.9 Å².